The molecule has 24 heavy (non-hydrogen) atoms. The number of hydrogen-bond donors (Lipinski definition) is 2. The number of carbonyl (C=O) groups excluding carboxylic acids is 1. The Morgan fingerprint density at radius 2 is 2.38 bits per heavy atom. The zero-order valence-electron chi connectivity index (χ0n) is 12.9. The number of nitrogens with zero attached hydrogens (tertiary/aromatic N) is 3. The highest BCUT2D eigenvalue weighted by Gasteiger charge is 2.22. The van der Waals surface area contributed by atoms with E-state index in [4.69, 9.17) is 16.3 Å². The van der Waals surface area contributed by atoms with E-state index in [1.54, 1.807) is 18.5 Å². The topological polar surface area (TPSA) is 81.1 Å². The first-order valence-corrected chi connectivity index (χ1v) is 8.27. The molecular weight excluding hydrogens is 373 g/mol. The molecule has 2 heterocycles. The fourth-order valence-corrected chi connectivity index (χ4v) is 3.15. The molecule has 1 aliphatic heterocycles. The van der Waals surface area contributed by atoms with Crippen molar-refractivity contribution in [3.05, 3.63) is 29.5 Å². The number of aromatic nitrogens is 3. The molecule has 2 N–H and O–H groups in total. The SMILES string of the molecule is Cl.Cn1cnnc1Sc1ccc(NC(=O)C2CNCCO2)cc1Cl. The maximum atomic E-state index is 12.1. The molecule has 0 aliphatic carbocycles. The van der Waals surface area contributed by atoms with Gasteiger partial charge in [0, 0.05) is 30.7 Å². The number of hydrogen-bond acceptors (Lipinski definition) is 6. The summed E-state index contributed by atoms with van der Waals surface area (Å²) in [7, 11) is 1.86. The van der Waals surface area contributed by atoms with E-state index in [1.165, 1.54) is 11.8 Å². The molecule has 130 valence electrons. The van der Waals surface area contributed by atoms with Crippen LogP contribution in [0.25, 0.3) is 0 Å². The van der Waals surface area contributed by atoms with Crippen LogP contribution in [-0.2, 0) is 16.6 Å². The number of rotatable bonds is 4. The molecule has 0 radical (unpaired) electrons. The molecule has 1 aromatic carbocycles. The summed E-state index contributed by atoms with van der Waals surface area (Å²) >= 11 is 7.71. The van der Waals surface area contributed by atoms with E-state index < -0.39 is 6.10 Å². The van der Waals surface area contributed by atoms with E-state index in [0.29, 0.717) is 23.9 Å². The largest absolute Gasteiger partial charge is 0.366 e. The molecule has 1 atom stereocenters. The Labute approximate surface area is 154 Å². The highest BCUT2D eigenvalue weighted by Crippen LogP contribution is 2.33. The highest BCUT2D eigenvalue weighted by atomic mass is 35.5. The first kappa shape index (κ1) is 19.0. The third kappa shape index (κ3) is 4.61. The molecule has 1 amide bonds. The van der Waals surface area contributed by atoms with Gasteiger partial charge in [-0.15, -0.1) is 22.6 Å². The van der Waals surface area contributed by atoms with Gasteiger partial charge in [0.15, 0.2) is 5.16 Å². The van der Waals surface area contributed by atoms with Crippen molar-refractivity contribution in [2.75, 3.05) is 25.0 Å². The summed E-state index contributed by atoms with van der Waals surface area (Å²) in [6, 6.07) is 5.37. The van der Waals surface area contributed by atoms with Crippen LogP contribution < -0.4 is 10.6 Å². The van der Waals surface area contributed by atoms with E-state index in [1.807, 2.05) is 17.7 Å². The maximum Gasteiger partial charge on any atom is 0.254 e. The molecule has 1 saturated heterocycles. The Hall–Kier alpha value is -1.32. The van der Waals surface area contributed by atoms with Crippen LogP contribution in [0.5, 0.6) is 0 Å². The standard InChI is InChI=1S/C14H16ClN5O2S.ClH/c1-20-8-17-19-14(20)23-12-3-2-9(6-10(12)15)18-13(21)11-7-16-4-5-22-11;/h2-3,6,8,11,16H,4-5,7H2,1H3,(H,18,21);1H. The number of ether oxygens (including phenoxy) is 1. The number of anilines is 1. The van der Waals surface area contributed by atoms with Crippen LogP contribution in [0.4, 0.5) is 5.69 Å². The smallest absolute Gasteiger partial charge is 0.254 e. The van der Waals surface area contributed by atoms with Gasteiger partial charge < -0.3 is 19.9 Å². The number of morpholine rings is 1. The number of amides is 1. The zero-order valence-corrected chi connectivity index (χ0v) is 15.2. The molecule has 0 bridgehead atoms. The van der Waals surface area contributed by atoms with Crippen LogP contribution in [-0.4, -0.2) is 46.5 Å². The minimum atomic E-state index is -0.477. The first-order chi connectivity index (χ1) is 11.1. The lowest BCUT2D eigenvalue weighted by atomic mass is 10.2. The summed E-state index contributed by atoms with van der Waals surface area (Å²) in [5, 5.41) is 15.1. The van der Waals surface area contributed by atoms with Crippen molar-refractivity contribution < 1.29 is 9.53 Å². The average molecular weight is 390 g/mol. The number of aryl methyl sites for hydroxylation is 1. The van der Waals surface area contributed by atoms with Gasteiger partial charge in [-0.3, -0.25) is 4.79 Å². The summed E-state index contributed by atoms with van der Waals surface area (Å²) in [5.41, 5.74) is 0.636. The van der Waals surface area contributed by atoms with Gasteiger partial charge in [0.25, 0.3) is 5.91 Å². The van der Waals surface area contributed by atoms with Gasteiger partial charge in [-0.1, -0.05) is 11.6 Å². The molecule has 0 spiro atoms. The number of benzene rings is 1. The average Bonchev–Trinajstić information content (AvgIpc) is 2.96. The lowest BCUT2D eigenvalue weighted by Gasteiger charge is -2.22. The second-order valence-electron chi connectivity index (χ2n) is 5.02. The molecule has 1 fully saturated rings. The van der Waals surface area contributed by atoms with Crippen molar-refractivity contribution in [1.29, 1.82) is 0 Å². The van der Waals surface area contributed by atoms with Gasteiger partial charge in [0.2, 0.25) is 0 Å². The monoisotopic (exact) mass is 389 g/mol. The van der Waals surface area contributed by atoms with Crippen molar-refractivity contribution in [3.63, 3.8) is 0 Å². The second kappa shape index (κ2) is 8.68. The maximum absolute atomic E-state index is 12.1. The minimum absolute atomic E-state index is 0. The van der Waals surface area contributed by atoms with Gasteiger partial charge in [-0.25, -0.2) is 0 Å². The van der Waals surface area contributed by atoms with Crippen LogP contribution in [0.1, 0.15) is 0 Å². The lowest BCUT2D eigenvalue weighted by molar-refractivity contribution is -0.128. The van der Waals surface area contributed by atoms with Gasteiger partial charge in [-0.2, -0.15) is 0 Å². The van der Waals surface area contributed by atoms with Gasteiger partial charge in [-0.05, 0) is 30.0 Å². The van der Waals surface area contributed by atoms with E-state index >= 15 is 0 Å². The highest BCUT2D eigenvalue weighted by molar-refractivity contribution is 7.99. The van der Waals surface area contributed by atoms with Crippen LogP contribution in [0.2, 0.25) is 5.02 Å². The third-order valence-electron chi connectivity index (χ3n) is 3.29. The fourth-order valence-electron chi connectivity index (χ4n) is 2.08. The first-order valence-electron chi connectivity index (χ1n) is 7.08. The normalized spacial score (nSPS) is 17.2. The summed E-state index contributed by atoms with van der Waals surface area (Å²) in [6.07, 6.45) is 1.15. The van der Waals surface area contributed by atoms with Crippen molar-refractivity contribution in [2.45, 2.75) is 16.2 Å². The van der Waals surface area contributed by atoms with Crippen molar-refractivity contribution in [1.82, 2.24) is 20.1 Å². The van der Waals surface area contributed by atoms with Crippen molar-refractivity contribution >= 4 is 47.4 Å². The van der Waals surface area contributed by atoms with E-state index in [9.17, 15) is 4.79 Å². The molecule has 2 aromatic rings. The molecule has 1 unspecified atom stereocenters. The van der Waals surface area contributed by atoms with Crippen LogP contribution in [0.15, 0.2) is 34.6 Å². The minimum Gasteiger partial charge on any atom is -0.366 e. The predicted octanol–water partition coefficient (Wildman–Crippen LogP) is 1.97. The lowest BCUT2D eigenvalue weighted by Crippen LogP contribution is -2.45. The summed E-state index contributed by atoms with van der Waals surface area (Å²) in [6.45, 7) is 1.81. The Bertz CT molecular complexity index is 706. The quantitative estimate of drug-likeness (QED) is 0.831. The fraction of sp³-hybridized carbons (Fsp3) is 0.357. The molecular formula is C14H17Cl2N5O2S. The van der Waals surface area contributed by atoms with Crippen molar-refractivity contribution in [3.8, 4) is 0 Å². The second-order valence-corrected chi connectivity index (χ2v) is 6.44. The van der Waals surface area contributed by atoms with E-state index in [0.717, 1.165) is 16.6 Å². The predicted molar refractivity (Wildman–Crippen MR) is 95.1 cm³/mol. The molecule has 1 aliphatic rings. The molecule has 7 nitrogen and oxygen atoms in total. The third-order valence-corrected chi connectivity index (χ3v) is 4.84. The van der Waals surface area contributed by atoms with Gasteiger partial charge in [0.1, 0.15) is 12.4 Å². The van der Waals surface area contributed by atoms with Crippen LogP contribution in [0.3, 0.4) is 0 Å². The molecule has 10 heteroatoms. The zero-order chi connectivity index (χ0) is 16.2. The Morgan fingerprint density at radius 3 is 3.00 bits per heavy atom. The number of nitrogens with one attached hydrogen (secondary N) is 2. The Balaban J connectivity index is 0.00000208. The van der Waals surface area contributed by atoms with E-state index in [-0.39, 0.29) is 18.3 Å². The van der Waals surface area contributed by atoms with Crippen molar-refractivity contribution in [2.24, 2.45) is 7.05 Å². The van der Waals surface area contributed by atoms with E-state index in [2.05, 4.69) is 20.8 Å². The van der Waals surface area contributed by atoms with Crippen LogP contribution in [0, 0.1) is 0 Å². The summed E-state index contributed by atoms with van der Waals surface area (Å²) < 4.78 is 7.23. The Morgan fingerprint density at radius 1 is 1.54 bits per heavy atom. The molecule has 1 aromatic heterocycles. The van der Waals surface area contributed by atoms with Gasteiger partial charge in [0.05, 0.1) is 11.6 Å². The van der Waals surface area contributed by atoms with Gasteiger partial charge >= 0.3 is 0 Å². The molecule has 3 rings (SSSR count). The summed E-state index contributed by atoms with van der Waals surface area (Å²) in [5.74, 6) is -0.179. The number of halogens is 2. The molecule has 0 saturated carbocycles. The van der Waals surface area contributed by atoms with Crippen LogP contribution >= 0.6 is 35.8 Å². The Kier molecular flexibility index (Phi) is 6.88. The number of carbonyl (C=O) groups is 1. The summed E-state index contributed by atoms with van der Waals surface area (Å²) in [4.78, 5) is 13.0.